The third-order valence-electron chi connectivity index (χ3n) is 3.89. The molecule has 0 aromatic heterocycles. The Morgan fingerprint density at radius 2 is 1.72 bits per heavy atom. The summed E-state index contributed by atoms with van der Waals surface area (Å²) in [4.78, 5) is 24.2. The first-order valence-electron chi connectivity index (χ1n) is 8.10. The Labute approximate surface area is 144 Å². The molecule has 0 unspecified atom stereocenters. The number of nitrogens with one attached hydrogen (secondary N) is 1. The van der Waals surface area contributed by atoms with Gasteiger partial charge in [-0.3, -0.25) is 9.59 Å². The number of carbonyl (C=O) groups excluding carboxylic acids is 2. The molecule has 1 aromatic rings. The van der Waals surface area contributed by atoms with E-state index >= 15 is 0 Å². The van der Waals surface area contributed by atoms with Crippen LogP contribution in [0.3, 0.4) is 0 Å². The summed E-state index contributed by atoms with van der Waals surface area (Å²) in [6.07, 6.45) is -4.40. The van der Waals surface area contributed by atoms with Crippen LogP contribution in [0.5, 0.6) is 5.75 Å². The molecule has 0 radical (unpaired) electrons. The first-order valence-corrected chi connectivity index (χ1v) is 8.10. The topological polar surface area (TPSA) is 58.6 Å². The lowest BCUT2D eigenvalue weighted by Gasteiger charge is -2.31. The number of benzene rings is 1. The zero-order valence-corrected chi connectivity index (χ0v) is 14.1. The van der Waals surface area contributed by atoms with E-state index in [1.54, 1.807) is 24.3 Å². The average Bonchev–Trinajstić information content (AvgIpc) is 2.55. The van der Waals surface area contributed by atoms with Crippen LogP contribution in [0, 0.1) is 5.92 Å². The number of rotatable bonds is 4. The molecule has 1 fully saturated rings. The van der Waals surface area contributed by atoms with Crippen molar-refractivity contribution in [2.75, 3.05) is 18.4 Å². The predicted molar refractivity (Wildman–Crippen MR) is 86.2 cm³/mol. The second-order valence-electron chi connectivity index (χ2n) is 6.24. The van der Waals surface area contributed by atoms with E-state index in [0.717, 1.165) is 4.90 Å². The van der Waals surface area contributed by atoms with Gasteiger partial charge in [-0.2, -0.15) is 13.2 Å². The number of hydrogen-bond donors (Lipinski definition) is 1. The molecule has 1 aliphatic heterocycles. The van der Waals surface area contributed by atoms with Gasteiger partial charge in [0, 0.05) is 24.7 Å². The quantitative estimate of drug-likeness (QED) is 0.899. The monoisotopic (exact) mass is 358 g/mol. The molecule has 1 aromatic carbocycles. The third-order valence-corrected chi connectivity index (χ3v) is 3.89. The molecule has 0 bridgehead atoms. The van der Waals surface area contributed by atoms with Gasteiger partial charge in [0.2, 0.25) is 5.91 Å². The Hall–Kier alpha value is -2.25. The average molecular weight is 358 g/mol. The van der Waals surface area contributed by atoms with Crippen LogP contribution in [-0.2, 0) is 9.59 Å². The molecule has 5 nitrogen and oxygen atoms in total. The predicted octanol–water partition coefficient (Wildman–Crippen LogP) is 3.21. The van der Waals surface area contributed by atoms with Gasteiger partial charge in [-0.15, -0.1) is 0 Å². The van der Waals surface area contributed by atoms with Gasteiger partial charge in [-0.05, 0) is 51.0 Å². The molecule has 0 atom stereocenters. The number of hydrogen-bond acceptors (Lipinski definition) is 3. The summed E-state index contributed by atoms with van der Waals surface area (Å²) in [5, 5.41) is 2.75. The zero-order chi connectivity index (χ0) is 18.6. The minimum atomic E-state index is -4.87. The van der Waals surface area contributed by atoms with Crippen LogP contribution in [0.1, 0.15) is 26.7 Å². The highest BCUT2D eigenvalue weighted by Gasteiger charge is 2.43. The molecule has 0 spiro atoms. The second-order valence-corrected chi connectivity index (χ2v) is 6.24. The highest BCUT2D eigenvalue weighted by atomic mass is 19.4. The van der Waals surface area contributed by atoms with Crippen LogP contribution in [-0.4, -0.2) is 42.1 Å². The number of amides is 2. The summed E-state index contributed by atoms with van der Waals surface area (Å²) < 4.78 is 42.7. The first kappa shape index (κ1) is 19.1. The van der Waals surface area contributed by atoms with Gasteiger partial charge in [0.1, 0.15) is 5.75 Å². The summed E-state index contributed by atoms with van der Waals surface area (Å²) >= 11 is 0. The van der Waals surface area contributed by atoms with E-state index in [1.165, 1.54) is 0 Å². The van der Waals surface area contributed by atoms with Crippen molar-refractivity contribution >= 4 is 17.5 Å². The van der Waals surface area contributed by atoms with Crippen LogP contribution in [0.4, 0.5) is 18.9 Å². The maximum absolute atomic E-state index is 12.4. The lowest BCUT2D eigenvalue weighted by Crippen LogP contribution is -2.46. The minimum absolute atomic E-state index is 0.0463. The summed E-state index contributed by atoms with van der Waals surface area (Å²) in [6, 6.07) is 6.89. The van der Waals surface area contributed by atoms with E-state index in [9.17, 15) is 22.8 Å². The van der Waals surface area contributed by atoms with Crippen LogP contribution in [0.15, 0.2) is 24.3 Å². The van der Waals surface area contributed by atoms with E-state index in [0.29, 0.717) is 11.4 Å². The molecule has 1 aliphatic rings. The van der Waals surface area contributed by atoms with Crippen molar-refractivity contribution in [3.63, 3.8) is 0 Å². The Bertz CT molecular complexity index is 607. The zero-order valence-electron chi connectivity index (χ0n) is 14.1. The number of alkyl halides is 3. The smallest absolute Gasteiger partial charge is 0.471 e. The van der Waals surface area contributed by atoms with Crippen molar-refractivity contribution in [3.05, 3.63) is 24.3 Å². The van der Waals surface area contributed by atoms with E-state index in [-0.39, 0.29) is 37.9 Å². The normalized spacial score (nSPS) is 16.0. The van der Waals surface area contributed by atoms with Crippen molar-refractivity contribution in [1.29, 1.82) is 0 Å². The molecule has 2 rings (SSSR count). The van der Waals surface area contributed by atoms with E-state index < -0.39 is 18.0 Å². The number of nitrogens with zero attached hydrogens (tertiary/aromatic N) is 1. The van der Waals surface area contributed by atoms with Gasteiger partial charge >= 0.3 is 12.1 Å². The van der Waals surface area contributed by atoms with Crippen molar-refractivity contribution in [3.8, 4) is 5.75 Å². The lowest BCUT2D eigenvalue weighted by atomic mass is 9.95. The number of carbonyl (C=O) groups is 2. The van der Waals surface area contributed by atoms with E-state index in [2.05, 4.69) is 5.32 Å². The van der Waals surface area contributed by atoms with Crippen LogP contribution in [0.25, 0.3) is 0 Å². The Morgan fingerprint density at radius 3 is 2.20 bits per heavy atom. The summed E-state index contributed by atoms with van der Waals surface area (Å²) in [6.45, 7) is 3.67. The molecule has 138 valence electrons. The molecule has 1 heterocycles. The molecule has 1 N–H and O–H groups in total. The fraction of sp³-hybridized carbons (Fsp3) is 0.529. The van der Waals surface area contributed by atoms with Gasteiger partial charge in [-0.25, -0.2) is 0 Å². The van der Waals surface area contributed by atoms with E-state index in [4.69, 9.17) is 4.74 Å². The Balaban J connectivity index is 1.85. The summed E-state index contributed by atoms with van der Waals surface area (Å²) in [7, 11) is 0. The van der Waals surface area contributed by atoms with Gasteiger partial charge < -0.3 is 15.0 Å². The Kier molecular flexibility index (Phi) is 5.92. The highest BCUT2D eigenvalue weighted by molar-refractivity contribution is 5.92. The maximum Gasteiger partial charge on any atom is 0.471 e. The molecule has 8 heteroatoms. The molecule has 0 aliphatic carbocycles. The number of ether oxygens (including phenoxy) is 1. The number of halogens is 3. The van der Waals surface area contributed by atoms with Gasteiger partial charge in [0.05, 0.1) is 6.10 Å². The van der Waals surface area contributed by atoms with Gasteiger partial charge in [0.25, 0.3) is 0 Å². The minimum Gasteiger partial charge on any atom is -0.491 e. The van der Waals surface area contributed by atoms with Crippen molar-refractivity contribution in [2.45, 2.75) is 39.0 Å². The molecular formula is C17H21F3N2O3. The van der Waals surface area contributed by atoms with Crippen LogP contribution >= 0.6 is 0 Å². The highest BCUT2D eigenvalue weighted by Crippen LogP contribution is 2.25. The summed E-state index contributed by atoms with van der Waals surface area (Å²) in [5.74, 6) is -1.82. The Morgan fingerprint density at radius 1 is 1.16 bits per heavy atom. The number of anilines is 1. The molecular weight excluding hydrogens is 337 g/mol. The first-order chi connectivity index (χ1) is 11.7. The van der Waals surface area contributed by atoms with Crippen LogP contribution in [0.2, 0.25) is 0 Å². The van der Waals surface area contributed by atoms with E-state index in [1.807, 2.05) is 13.8 Å². The molecule has 0 saturated carbocycles. The standard InChI is InChI=1S/C17H21F3N2O3/c1-11(2)25-14-5-3-13(4-6-14)21-15(23)12-7-9-22(10-8-12)16(24)17(18,19)20/h3-6,11-12H,7-10H2,1-2H3,(H,21,23). The van der Waals surface area contributed by atoms with Gasteiger partial charge in [-0.1, -0.05) is 0 Å². The molecule has 2 amide bonds. The fourth-order valence-corrected chi connectivity index (χ4v) is 2.66. The molecule has 25 heavy (non-hydrogen) atoms. The van der Waals surface area contributed by atoms with Gasteiger partial charge in [0.15, 0.2) is 0 Å². The van der Waals surface area contributed by atoms with Crippen molar-refractivity contribution in [1.82, 2.24) is 4.90 Å². The lowest BCUT2D eigenvalue weighted by molar-refractivity contribution is -0.186. The second kappa shape index (κ2) is 7.76. The van der Waals surface area contributed by atoms with Crippen LogP contribution < -0.4 is 10.1 Å². The van der Waals surface area contributed by atoms with Crippen molar-refractivity contribution in [2.24, 2.45) is 5.92 Å². The SMILES string of the molecule is CC(C)Oc1ccc(NC(=O)C2CCN(C(=O)C(F)(F)F)CC2)cc1. The molecule has 1 saturated heterocycles. The fourth-order valence-electron chi connectivity index (χ4n) is 2.66. The van der Waals surface area contributed by atoms with Crippen molar-refractivity contribution < 1.29 is 27.5 Å². The third kappa shape index (κ3) is 5.37. The number of piperidine rings is 1. The maximum atomic E-state index is 12.4. The number of likely N-dealkylation sites (tertiary alicyclic amines) is 1. The largest absolute Gasteiger partial charge is 0.491 e. The summed E-state index contributed by atoms with van der Waals surface area (Å²) in [5.41, 5.74) is 0.593.